The van der Waals surface area contributed by atoms with Crippen LogP contribution in [0.4, 0.5) is 10.1 Å². The van der Waals surface area contributed by atoms with Gasteiger partial charge in [-0.25, -0.2) is 4.39 Å². The van der Waals surface area contributed by atoms with Crippen molar-refractivity contribution in [3.63, 3.8) is 0 Å². The third-order valence-electron chi connectivity index (χ3n) is 2.52. The van der Waals surface area contributed by atoms with E-state index in [1.807, 2.05) is 0 Å². The third-order valence-corrected chi connectivity index (χ3v) is 2.76. The smallest absolute Gasteiger partial charge is 0.258 e. The third kappa shape index (κ3) is 3.14. The zero-order valence-corrected chi connectivity index (χ0v) is 10.7. The second-order valence-electron chi connectivity index (χ2n) is 3.88. The van der Waals surface area contributed by atoms with E-state index in [-0.39, 0.29) is 10.6 Å². The van der Waals surface area contributed by atoms with Gasteiger partial charge < -0.3 is 11.1 Å². The Bertz CT molecular complexity index is 643. The van der Waals surface area contributed by atoms with Crippen LogP contribution in [0.1, 0.15) is 15.9 Å². The number of anilines is 1. The fourth-order valence-corrected chi connectivity index (χ4v) is 1.72. The van der Waals surface area contributed by atoms with E-state index in [4.69, 9.17) is 18.0 Å². The number of rotatable bonds is 3. The Labute approximate surface area is 115 Å². The molecule has 0 aliphatic carbocycles. The number of nitrogens with one attached hydrogen (secondary N) is 1. The van der Waals surface area contributed by atoms with Crippen LogP contribution in [-0.2, 0) is 0 Å². The van der Waals surface area contributed by atoms with Gasteiger partial charge in [-0.3, -0.25) is 4.79 Å². The molecule has 0 saturated heterocycles. The van der Waals surface area contributed by atoms with E-state index in [0.29, 0.717) is 11.3 Å². The fraction of sp³-hybridized carbons (Fsp3) is 0. The predicted molar refractivity (Wildman–Crippen MR) is 76.7 cm³/mol. The zero-order valence-electron chi connectivity index (χ0n) is 9.89. The second-order valence-corrected chi connectivity index (χ2v) is 4.32. The van der Waals surface area contributed by atoms with Crippen molar-refractivity contribution >= 4 is 28.8 Å². The van der Waals surface area contributed by atoms with E-state index in [0.717, 1.165) is 0 Å². The van der Waals surface area contributed by atoms with Crippen molar-refractivity contribution in [1.82, 2.24) is 0 Å². The molecule has 96 valence electrons. The summed E-state index contributed by atoms with van der Waals surface area (Å²) in [6.07, 6.45) is 0. The number of halogens is 1. The number of carbonyl (C=O) groups excluding carboxylic acids is 1. The van der Waals surface area contributed by atoms with Crippen LogP contribution >= 0.6 is 12.2 Å². The minimum absolute atomic E-state index is 0.0109. The number of hydrogen-bond donors (Lipinski definition) is 2. The van der Waals surface area contributed by atoms with Gasteiger partial charge in [0, 0.05) is 11.3 Å². The molecule has 0 saturated carbocycles. The zero-order chi connectivity index (χ0) is 13.8. The molecule has 2 aromatic rings. The lowest BCUT2D eigenvalue weighted by Crippen LogP contribution is -2.15. The Morgan fingerprint density at radius 3 is 2.58 bits per heavy atom. The van der Waals surface area contributed by atoms with Crippen LogP contribution < -0.4 is 11.1 Å². The molecule has 5 heteroatoms. The predicted octanol–water partition coefficient (Wildman–Crippen LogP) is 2.71. The van der Waals surface area contributed by atoms with Gasteiger partial charge in [-0.2, -0.15) is 0 Å². The number of amides is 1. The number of thiocarbonyl (C=S) groups is 1. The van der Waals surface area contributed by atoms with Gasteiger partial charge in [0.15, 0.2) is 0 Å². The molecule has 1 amide bonds. The average Bonchev–Trinajstić information content (AvgIpc) is 2.39. The molecule has 2 aromatic carbocycles. The lowest BCUT2D eigenvalue weighted by molar-refractivity contribution is 0.102. The molecule has 0 aromatic heterocycles. The molecule has 0 aliphatic heterocycles. The normalized spacial score (nSPS) is 9.95. The van der Waals surface area contributed by atoms with Gasteiger partial charge >= 0.3 is 0 Å². The van der Waals surface area contributed by atoms with Crippen LogP contribution in [0.3, 0.4) is 0 Å². The van der Waals surface area contributed by atoms with Crippen LogP contribution in [0, 0.1) is 5.82 Å². The van der Waals surface area contributed by atoms with Crippen LogP contribution in [-0.4, -0.2) is 10.9 Å². The Morgan fingerprint density at radius 2 is 1.89 bits per heavy atom. The standard InChI is InChI=1S/C14H11FN2OS/c15-12-7-2-1-6-11(12)14(18)17-10-5-3-4-9(8-10)13(16)19/h1-8H,(H2,16,19)(H,17,18). The maximum absolute atomic E-state index is 13.4. The maximum atomic E-state index is 13.4. The van der Waals surface area contributed by atoms with Crippen LogP contribution in [0.5, 0.6) is 0 Å². The topological polar surface area (TPSA) is 55.1 Å². The van der Waals surface area contributed by atoms with Gasteiger partial charge in [0.2, 0.25) is 0 Å². The van der Waals surface area contributed by atoms with Gasteiger partial charge in [-0.05, 0) is 24.3 Å². The van der Waals surface area contributed by atoms with Crippen LogP contribution in [0.2, 0.25) is 0 Å². The van der Waals surface area contributed by atoms with Crippen LogP contribution in [0.15, 0.2) is 48.5 Å². The first kappa shape index (κ1) is 13.2. The molecule has 19 heavy (non-hydrogen) atoms. The van der Waals surface area contributed by atoms with Crippen molar-refractivity contribution < 1.29 is 9.18 Å². The Morgan fingerprint density at radius 1 is 1.16 bits per heavy atom. The highest BCUT2D eigenvalue weighted by Crippen LogP contribution is 2.13. The van der Waals surface area contributed by atoms with Crippen molar-refractivity contribution in [2.75, 3.05) is 5.32 Å². The molecular weight excluding hydrogens is 263 g/mol. The number of benzene rings is 2. The molecule has 3 N–H and O–H groups in total. The number of carbonyl (C=O) groups is 1. The van der Waals surface area contributed by atoms with E-state index in [2.05, 4.69) is 5.32 Å². The van der Waals surface area contributed by atoms with E-state index in [1.54, 1.807) is 30.3 Å². The van der Waals surface area contributed by atoms with Crippen molar-refractivity contribution in [3.05, 3.63) is 65.5 Å². The van der Waals surface area contributed by atoms with E-state index < -0.39 is 11.7 Å². The minimum atomic E-state index is -0.564. The summed E-state index contributed by atoms with van der Waals surface area (Å²) in [5.41, 5.74) is 6.65. The molecule has 0 heterocycles. The van der Waals surface area contributed by atoms with Crippen molar-refractivity contribution in [3.8, 4) is 0 Å². The lowest BCUT2D eigenvalue weighted by Gasteiger charge is -2.07. The van der Waals surface area contributed by atoms with Gasteiger partial charge in [0.25, 0.3) is 5.91 Å². The minimum Gasteiger partial charge on any atom is -0.389 e. The van der Waals surface area contributed by atoms with Crippen molar-refractivity contribution in [2.24, 2.45) is 5.73 Å². The molecule has 0 aliphatic rings. The highest BCUT2D eigenvalue weighted by molar-refractivity contribution is 7.80. The Hall–Kier alpha value is -2.27. The molecule has 0 radical (unpaired) electrons. The molecular formula is C14H11FN2OS. The highest BCUT2D eigenvalue weighted by Gasteiger charge is 2.11. The van der Waals surface area contributed by atoms with Gasteiger partial charge in [-0.1, -0.05) is 36.5 Å². The van der Waals surface area contributed by atoms with E-state index >= 15 is 0 Å². The van der Waals surface area contributed by atoms with Gasteiger partial charge in [-0.15, -0.1) is 0 Å². The molecule has 0 spiro atoms. The summed E-state index contributed by atoms with van der Waals surface area (Å²) in [7, 11) is 0. The average molecular weight is 274 g/mol. The summed E-state index contributed by atoms with van der Waals surface area (Å²) in [5, 5.41) is 2.60. The molecule has 0 unspecified atom stereocenters. The molecule has 0 fully saturated rings. The van der Waals surface area contributed by atoms with Gasteiger partial charge in [0.1, 0.15) is 10.8 Å². The van der Waals surface area contributed by atoms with Gasteiger partial charge in [0.05, 0.1) is 5.56 Å². The largest absolute Gasteiger partial charge is 0.389 e. The van der Waals surface area contributed by atoms with Crippen molar-refractivity contribution in [2.45, 2.75) is 0 Å². The summed E-state index contributed by atoms with van der Waals surface area (Å²) in [6, 6.07) is 12.6. The summed E-state index contributed by atoms with van der Waals surface area (Å²) in [4.78, 5) is 12.1. The summed E-state index contributed by atoms with van der Waals surface area (Å²) >= 11 is 4.85. The number of nitrogens with two attached hydrogens (primary N) is 1. The van der Waals surface area contributed by atoms with Crippen LogP contribution in [0.25, 0.3) is 0 Å². The van der Waals surface area contributed by atoms with E-state index in [1.165, 1.54) is 18.2 Å². The Balaban J connectivity index is 2.22. The molecule has 0 bridgehead atoms. The molecule has 0 atom stereocenters. The first-order chi connectivity index (χ1) is 9.08. The highest BCUT2D eigenvalue weighted by atomic mass is 32.1. The number of hydrogen-bond acceptors (Lipinski definition) is 2. The second kappa shape index (κ2) is 5.58. The molecule has 2 rings (SSSR count). The first-order valence-corrected chi connectivity index (χ1v) is 5.94. The molecule has 3 nitrogen and oxygen atoms in total. The fourth-order valence-electron chi connectivity index (χ4n) is 1.59. The van der Waals surface area contributed by atoms with Crippen molar-refractivity contribution in [1.29, 1.82) is 0 Å². The maximum Gasteiger partial charge on any atom is 0.258 e. The summed E-state index contributed by atoms with van der Waals surface area (Å²) < 4.78 is 13.4. The summed E-state index contributed by atoms with van der Waals surface area (Å²) in [6.45, 7) is 0. The Kier molecular flexibility index (Phi) is 3.87. The van der Waals surface area contributed by atoms with E-state index in [9.17, 15) is 9.18 Å². The first-order valence-electron chi connectivity index (χ1n) is 5.53. The lowest BCUT2D eigenvalue weighted by atomic mass is 10.1. The SMILES string of the molecule is NC(=S)c1cccc(NC(=O)c2ccccc2F)c1. The quantitative estimate of drug-likeness (QED) is 0.846. The summed E-state index contributed by atoms with van der Waals surface area (Å²) in [5.74, 6) is -1.08. The monoisotopic (exact) mass is 274 g/mol.